The van der Waals surface area contributed by atoms with Crippen LogP contribution in [-0.2, 0) is 6.18 Å². The van der Waals surface area contributed by atoms with E-state index in [4.69, 9.17) is 10.00 Å². The first-order valence-electron chi connectivity index (χ1n) is 15.5. The van der Waals surface area contributed by atoms with Crippen LogP contribution >= 0.6 is 0 Å². The number of nitrogens with one attached hydrogen (secondary N) is 1. The number of hydrogen-bond donors (Lipinski definition) is 2. The molecule has 3 fully saturated rings. The quantitative estimate of drug-likeness (QED) is 0.458. The Morgan fingerprint density at radius 1 is 1.07 bits per heavy atom. The smallest absolute Gasteiger partial charge is 0.417 e. The van der Waals surface area contributed by atoms with Crippen molar-refractivity contribution in [1.82, 2.24) is 20.4 Å². The zero-order valence-corrected chi connectivity index (χ0v) is 25.3. The number of aliphatic hydroxyl groups excluding tert-OH is 1. The van der Waals surface area contributed by atoms with Crippen molar-refractivity contribution < 1.29 is 27.8 Å². The molecule has 1 amide bonds. The molecule has 238 valence electrons. The van der Waals surface area contributed by atoms with E-state index in [0.29, 0.717) is 31.6 Å². The van der Waals surface area contributed by atoms with Gasteiger partial charge in [-0.25, -0.2) is 0 Å². The number of benzene rings is 1. The van der Waals surface area contributed by atoms with Gasteiger partial charge in [0.25, 0.3) is 5.91 Å². The van der Waals surface area contributed by atoms with Crippen LogP contribution in [0.2, 0.25) is 0 Å². The molecule has 2 aromatic rings. The first-order valence-corrected chi connectivity index (χ1v) is 15.5. The number of piperidine rings is 2. The van der Waals surface area contributed by atoms with Crippen molar-refractivity contribution in [2.45, 2.75) is 83.2 Å². The van der Waals surface area contributed by atoms with E-state index in [1.165, 1.54) is 6.07 Å². The Bertz CT molecular complexity index is 1330. The van der Waals surface area contributed by atoms with Crippen molar-refractivity contribution in [2.24, 2.45) is 11.3 Å². The maximum atomic E-state index is 13.3. The number of amides is 1. The van der Waals surface area contributed by atoms with E-state index in [1.54, 1.807) is 12.1 Å². The van der Waals surface area contributed by atoms with Crippen LogP contribution in [0.15, 0.2) is 30.3 Å². The van der Waals surface area contributed by atoms with E-state index in [2.05, 4.69) is 39.2 Å². The third-order valence-corrected chi connectivity index (χ3v) is 9.42. The van der Waals surface area contributed by atoms with Gasteiger partial charge in [0, 0.05) is 38.8 Å². The number of hydrogen-bond acceptors (Lipinski definition) is 8. The molecule has 9 nitrogen and oxygen atoms in total. The molecule has 1 saturated carbocycles. The third kappa shape index (κ3) is 7.80. The molecule has 0 spiro atoms. The molecule has 44 heavy (non-hydrogen) atoms. The number of anilines is 1. The van der Waals surface area contributed by atoms with Gasteiger partial charge >= 0.3 is 6.18 Å². The number of carbonyl (C=O) groups excluding carboxylic acids is 1. The summed E-state index contributed by atoms with van der Waals surface area (Å²) in [5, 5.41) is 30.4. The van der Waals surface area contributed by atoms with Gasteiger partial charge < -0.3 is 25.0 Å². The van der Waals surface area contributed by atoms with Gasteiger partial charge in [0.15, 0.2) is 11.5 Å². The average Bonchev–Trinajstić information content (AvgIpc) is 2.99. The molecular weight excluding hydrogens is 573 g/mol. The van der Waals surface area contributed by atoms with E-state index >= 15 is 0 Å². The lowest BCUT2D eigenvalue weighted by Crippen LogP contribution is -2.51. The Labute approximate surface area is 256 Å². The second-order valence-electron chi connectivity index (χ2n) is 13.1. The molecule has 0 bridgehead atoms. The Balaban J connectivity index is 1.09. The maximum absolute atomic E-state index is 13.3. The molecule has 1 unspecified atom stereocenters. The largest absolute Gasteiger partial charge is 0.490 e. The predicted octanol–water partition coefficient (Wildman–Crippen LogP) is 4.80. The van der Waals surface area contributed by atoms with Crippen LogP contribution in [0.5, 0.6) is 5.75 Å². The number of halogens is 3. The van der Waals surface area contributed by atoms with E-state index in [-0.39, 0.29) is 41.0 Å². The number of alkyl halides is 3. The fraction of sp³-hybridized carbons (Fsp3) is 0.625. The molecule has 2 saturated heterocycles. The first-order chi connectivity index (χ1) is 20.9. The van der Waals surface area contributed by atoms with Crippen LogP contribution in [-0.4, -0.2) is 77.1 Å². The van der Waals surface area contributed by atoms with Crippen LogP contribution in [0.25, 0.3) is 0 Å². The fourth-order valence-corrected chi connectivity index (χ4v) is 6.67. The minimum Gasteiger partial charge on any atom is -0.490 e. The maximum Gasteiger partial charge on any atom is 0.417 e. The van der Waals surface area contributed by atoms with Crippen LogP contribution in [0, 0.1) is 22.7 Å². The highest BCUT2D eigenvalue weighted by molar-refractivity contribution is 5.92. The zero-order valence-electron chi connectivity index (χ0n) is 25.3. The van der Waals surface area contributed by atoms with Gasteiger partial charge in [-0.3, -0.25) is 4.79 Å². The van der Waals surface area contributed by atoms with Gasteiger partial charge in [0.1, 0.15) is 5.75 Å². The highest BCUT2D eigenvalue weighted by atomic mass is 19.4. The molecule has 5 rings (SSSR count). The Hall–Kier alpha value is -3.43. The first kappa shape index (κ1) is 32.0. The number of aliphatic hydroxyl groups is 1. The monoisotopic (exact) mass is 614 g/mol. The van der Waals surface area contributed by atoms with E-state index in [1.807, 2.05) is 6.07 Å². The molecule has 3 heterocycles. The minimum atomic E-state index is -4.64. The minimum absolute atomic E-state index is 0.0783. The molecular formula is C32H41F3N6O3. The lowest BCUT2D eigenvalue weighted by atomic mass is 9.73. The molecule has 1 aromatic heterocycles. The number of carbonyl (C=O) groups is 1. The standard InChI is InChI=1S/C32H41F3N6O3/c1-31(2)20-41(16-11-22(31)19-40-14-12-24(42)13-15-40)29-10-9-28(38-39-29)30(43)37-23-4-7-25(8-5-23)44-26-6-3-21(18-36)27(17-26)32(33,34)35/h3,6,9-10,17,22-25,42H,4-5,7-8,11-16,19-20H2,1-2H3,(H,37,43). The molecule has 12 heteroatoms. The van der Waals surface area contributed by atoms with Gasteiger partial charge in [-0.2, -0.15) is 18.4 Å². The van der Waals surface area contributed by atoms with Gasteiger partial charge in [0.05, 0.1) is 29.4 Å². The van der Waals surface area contributed by atoms with Crippen molar-refractivity contribution in [3.8, 4) is 11.8 Å². The van der Waals surface area contributed by atoms with Gasteiger partial charge in [-0.05, 0) is 86.6 Å². The Morgan fingerprint density at radius 2 is 1.80 bits per heavy atom. The van der Waals surface area contributed by atoms with Crippen LogP contribution in [0.1, 0.15) is 80.4 Å². The summed E-state index contributed by atoms with van der Waals surface area (Å²) in [6.45, 7) is 9.25. The summed E-state index contributed by atoms with van der Waals surface area (Å²) < 4.78 is 45.7. The summed E-state index contributed by atoms with van der Waals surface area (Å²) in [6, 6.07) is 8.41. The average molecular weight is 615 g/mol. The molecule has 0 radical (unpaired) electrons. The zero-order chi connectivity index (χ0) is 31.5. The fourth-order valence-electron chi connectivity index (χ4n) is 6.67. The van der Waals surface area contributed by atoms with Crippen LogP contribution < -0.4 is 15.0 Å². The SMILES string of the molecule is CC1(C)CN(c2ccc(C(=O)NC3CCC(Oc4ccc(C#N)c(C(F)(F)F)c4)CC3)nn2)CCC1CN1CCC(O)CC1. The summed E-state index contributed by atoms with van der Waals surface area (Å²) in [5.74, 6) is 1.08. The van der Waals surface area contributed by atoms with Crippen molar-refractivity contribution in [3.63, 3.8) is 0 Å². The molecule has 3 aliphatic rings. The van der Waals surface area contributed by atoms with Crippen molar-refractivity contribution in [2.75, 3.05) is 37.6 Å². The van der Waals surface area contributed by atoms with E-state index < -0.39 is 17.3 Å². The third-order valence-electron chi connectivity index (χ3n) is 9.42. The number of aromatic nitrogens is 2. The van der Waals surface area contributed by atoms with Crippen molar-refractivity contribution in [1.29, 1.82) is 5.26 Å². The molecule has 2 aliphatic heterocycles. The van der Waals surface area contributed by atoms with Crippen LogP contribution in [0.4, 0.5) is 19.0 Å². The highest BCUT2D eigenvalue weighted by Gasteiger charge is 2.38. The van der Waals surface area contributed by atoms with E-state index in [0.717, 1.165) is 69.9 Å². The summed E-state index contributed by atoms with van der Waals surface area (Å²) in [7, 11) is 0. The molecule has 1 aromatic carbocycles. The predicted molar refractivity (Wildman–Crippen MR) is 158 cm³/mol. The summed E-state index contributed by atoms with van der Waals surface area (Å²) in [4.78, 5) is 17.6. The Kier molecular flexibility index (Phi) is 9.65. The van der Waals surface area contributed by atoms with Crippen molar-refractivity contribution >= 4 is 11.7 Å². The summed E-state index contributed by atoms with van der Waals surface area (Å²) >= 11 is 0. The summed E-state index contributed by atoms with van der Waals surface area (Å²) in [5.41, 5.74) is -1.12. The topological polar surface area (TPSA) is 115 Å². The number of nitrogens with zero attached hydrogens (tertiary/aromatic N) is 5. The van der Waals surface area contributed by atoms with Crippen LogP contribution in [0.3, 0.4) is 0 Å². The molecule has 1 atom stereocenters. The van der Waals surface area contributed by atoms with Crippen molar-refractivity contribution in [3.05, 3.63) is 47.2 Å². The second-order valence-corrected chi connectivity index (χ2v) is 13.1. The number of likely N-dealkylation sites (tertiary alicyclic amines) is 1. The number of ether oxygens (including phenoxy) is 1. The normalized spacial score (nSPS) is 24.8. The van der Waals surface area contributed by atoms with Gasteiger partial charge in [0.2, 0.25) is 0 Å². The lowest BCUT2D eigenvalue weighted by Gasteiger charge is -2.47. The summed E-state index contributed by atoms with van der Waals surface area (Å²) in [6.07, 6.45) is 0.0264. The number of rotatable bonds is 7. The molecule has 2 N–H and O–H groups in total. The second kappa shape index (κ2) is 13.3. The lowest BCUT2D eigenvalue weighted by molar-refractivity contribution is -0.137. The highest BCUT2D eigenvalue weighted by Crippen LogP contribution is 2.38. The van der Waals surface area contributed by atoms with Gasteiger partial charge in [-0.1, -0.05) is 13.8 Å². The Morgan fingerprint density at radius 3 is 2.41 bits per heavy atom. The number of nitriles is 1. The van der Waals surface area contributed by atoms with Gasteiger partial charge in [-0.15, -0.1) is 10.2 Å². The van der Waals surface area contributed by atoms with E-state index in [9.17, 15) is 23.1 Å². The molecule has 1 aliphatic carbocycles.